The van der Waals surface area contributed by atoms with Gasteiger partial charge in [0, 0.05) is 35.9 Å². The minimum atomic E-state index is -0.330. The van der Waals surface area contributed by atoms with Gasteiger partial charge in [-0.25, -0.2) is 4.79 Å². The van der Waals surface area contributed by atoms with Gasteiger partial charge in [0.05, 0.1) is 19.8 Å². The molecule has 2 aromatic rings. The van der Waals surface area contributed by atoms with Crippen LogP contribution in [0.15, 0.2) is 39.7 Å². The van der Waals surface area contributed by atoms with E-state index < -0.39 is 0 Å². The summed E-state index contributed by atoms with van der Waals surface area (Å²) in [6.45, 7) is 4.32. The van der Waals surface area contributed by atoms with Gasteiger partial charge in [0.15, 0.2) is 0 Å². The van der Waals surface area contributed by atoms with Crippen LogP contribution in [0.1, 0.15) is 11.1 Å². The van der Waals surface area contributed by atoms with Crippen LogP contribution < -0.4 is 11.4 Å². The average Bonchev–Trinajstić information content (AvgIpc) is 2.55. The number of anilines is 1. The second kappa shape index (κ2) is 7.25. The van der Waals surface area contributed by atoms with E-state index in [4.69, 9.17) is 10.5 Å². The molecule has 1 aromatic heterocycles. The molecule has 0 radical (unpaired) electrons. The van der Waals surface area contributed by atoms with Crippen LogP contribution >= 0.6 is 15.9 Å². The Bertz CT molecular complexity index is 741. The van der Waals surface area contributed by atoms with Gasteiger partial charge in [-0.1, -0.05) is 34.1 Å². The Balaban J connectivity index is 1.84. The van der Waals surface area contributed by atoms with E-state index in [9.17, 15) is 4.79 Å². The molecular formula is C16H19BrN4O2. The van der Waals surface area contributed by atoms with Crippen LogP contribution in [0.5, 0.6) is 0 Å². The molecule has 0 bridgehead atoms. The van der Waals surface area contributed by atoms with Crippen molar-refractivity contribution in [3.8, 4) is 0 Å². The minimum Gasteiger partial charge on any atom is -0.383 e. The van der Waals surface area contributed by atoms with Crippen molar-refractivity contribution in [2.75, 3.05) is 32.0 Å². The molecule has 7 heteroatoms. The summed E-state index contributed by atoms with van der Waals surface area (Å²) in [7, 11) is 0. The van der Waals surface area contributed by atoms with Crippen LogP contribution in [-0.2, 0) is 17.8 Å². The van der Waals surface area contributed by atoms with Crippen molar-refractivity contribution < 1.29 is 4.74 Å². The second-order valence-corrected chi connectivity index (χ2v) is 6.40. The van der Waals surface area contributed by atoms with Crippen LogP contribution in [0.4, 0.5) is 5.82 Å². The number of hydrogen-bond acceptors (Lipinski definition) is 5. The minimum absolute atomic E-state index is 0.310. The van der Waals surface area contributed by atoms with E-state index >= 15 is 0 Å². The van der Waals surface area contributed by atoms with E-state index in [0.717, 1.165) is 41.9 Å². The van der Waals surface area contributed by atoms with Gasteiger partial charge in [0.2, 0.25) is 0 Å². The first-order valence-electron chi connectivity index (χ1n) is 7.53. The normalized spacial score (nSPS) is 15.7. The summed E-state index contributed by atoms with van der Waals surface area (Å²) in [6.07, 6.45) is 1.82. The first kappa shape index (κ1) is 16.2. The summed E-state index contributed by atoms with van der Waals surface area (Å²) in [4.78, 5) is 18.4. The maximum Gasteiger partial charge on any atom is 0.349 e. The highest BCUT2D eigenvalue weighted by Crippen LogP contribution is 2.17. The number of morpholine rings is 1. The van der Waals surface area contributed by atoms with Crippen molar-refractivity contribution in [3.05, 3.63) is 56.5 Å². The number of benzene rings is 1. The fourth-order valence-electron chi connectivity index (χ4n) is 2.59. The molecule has 1 aliphatic heterocycles. The van der Waals surface area contributed by atoms with Gasteiger partial charge in [-0.3, -0.25) is 9.47 Å². The number of aromatic nitrogens is 2. The lowest BCUT2D eigenvalue weighted by atomic mass is 10.2. The Morgan fingerprint density at radius 2 is 1.91 bits per heavy atom. The van der Waals surface area contributed by atoms with Gasteiger partial charge < -0.3 is 10.5 Å². The highest BCUT2D eigenvalue weighted by atomic mass is 79.9. The van der Waals surface area contributed by atoms with Crippen LogP contribution in [0.25, 0.3) is 0 Å². The fraction of sp³-hybridized carbons (Fsp3) is 0.375. The zero-order chi connectivity index (χ0) is 16.2. The van der Waals surface area contributed by atoms with Crippen LogP contribution in [0, 0.1) is 0 Å². The molecule has 0 unspecified atom stereocenters. The number of ether oxygens (including phenoxy) is 1. The lowest BCUT2D eigenvalue weighted by Crippen LogP contribution is -2.36. The number of nitrogens with two attached hydrogens (primary N) is 1. The molecule has 1 aromatic carbocycles. The van der Waals surface area contributed by atoms with E-state index in [1.165, 1.54) is 0 Å². The maximum atomic E-state index is 12.1. The average molecular weight is 379 g/mol. The SMILES string of the molecule is Nc1nc(=O)n(Cc2ccccc2Br)cc1CN1CCOCC1. The molecule has 0 aliphatic carbocycles. The zero-order valence-corrected chi connectivity index (χ0v) is 14.3. The molecule has 2 N–H and O–H groups in total. The lowest BCUT2D eigenvalue weighted by Gasteiger charge is -2.27. The third kappa shape index (κ3) is 3.99. The number of halogens is 1. The molecule has 1 fully saturated rings. The third-order valence-corrected chi connectivity index (χ3v) is 4.67. The summed E-state index contributed by atoms with van der Waals surface area (Å²) < 4.78 is 7.93. The Morgan fingerprint density at radius 1 is 1.17 bits per heavy atom. The molecule has 0 amide bonds. The number of nitrogens with zero attached hydrogens (tertiary/aromatic N) is 3. The first-order valence-corrected chi connectivity index (χ1v) is 8.32. The molecule has 1 saturated heterocycles. The third-order valence-electron chi connectivity index (χ3n) is 3.90. The Hall–Kier alpha value is -1.70. The second-order valence-electron chi connectivity index (χ2n) is 5.54. The summed E-state index contributed by atoms with van der Waals surface area (Å²) in [6, 6.07) is 7.83. The van der Waals surface area contributed by atoms with E-state index in [0.29, 0.717) is 18.9 Å². The molecule has 0 atom stereocenters. The van der Waals surface area contributed by atoms with Gasteiger partial charge in [-0.05, 0) is 11.6 Å². The molecule has 0 spiro atoms. The molecule has 23 heavy (non-hydrogen) atoms. The summed E-state index contributed by atoms with van der Waals surface area (Å²) in [5.74, 6) is 0.310. The number of hydrogen-bond donors (Lipinski definition) is 1. The standard InChI is InChI=1S/C16H19BrN4O2/c17-14-4-2-1-3-12(14)10-21-11-13(15(18)19-16(21)22)9-20-5-7-23-8-6-20/h1-4,11H,5-10H2,(H2,18,19,22). The summed E-state index contributed by atoms with van der Waals surface area (Å²) in [5, 5.41) is 0. The lowest BCUT2D eigenvalue weighted by molar-refractivity contribution is 0.0341. The van der Waals surface area contributed by atoms with E-state index in [-0.39, 0.29) is 5.69 Å². The highest BCUT2D eigenvalue weighted by Gasteiger charge is 2.14. The van der Waals surface area contributed by atoms with Crippen LogP contribution in [-0.4, -0.2) is 40.8 Å². The topological polar surface area (TPSA) is 73.4 Å². The van der Waals surface area contributed by atoms with E-state index in [1.807, 2.05) is 30.5 Å². The fourth-order valence-corrected chi connectivity index (χ4v) is 3.00. The predicted molar refractivity (Wildman–Crippen MR) is 92.2 cm³/mol. The van der Waals surface area contributed by atoms with Gasteiger partial charge in [0.1, 0.15) is 5.82 Å². The van der Waals surface area contributed by atoms with Crippen molar-refractivity contribution in [2.45, 2.75) is 13.1 Å². The monoisotopic (exact) mass is 378 g/mol. The van der Waals surface area contributed by atoms with Gasteiger partial charge in [-0.15, -0.1) is 0 Å². The smallest absolute Gasteiger partial charge is 0.349 e. The summed E-state index contributed by atoms with van der Waals surface area (Å²) >= 11 is 3.51. The van der Waals surface area contributed by atoms with Crippen molar-refractivity contribution in [1.82, 2.24) is 14.5 Å². The molecule has 122 valence electrons. The molecule has 2 heterocycles. The molecular weight excluding hydrogens is 360 g/mol. The maximum absolute atomic E-state index is 12.1. The quantitative estimate of drug-likeness (QED) is 0.871. The summed E-state index contributed by atoms with van der Waals surface area (Å²) in [5.41, 5.74) is 7.51. The van der Waals surface area contributed by atoms with Gasteiger partial charge in [-0.2, -0.15) is 4.98 Å². The van der Waals surface area contributed by atoms with Crippen molar-refractivity contribution in [3.63, 3.8) is 0 Å². The highest BCUT2D eigenvalue weighted by molar-refractivity contribution is 9.10. The predicted octanol–water partition coefficient (Wildman–Crippen LogP) is 1.47. The van der Waals surface area contributed by atoms with Crippen molar-refractivity contribution in [1.29, 1.82) is 0 Å². The van der Waals surface area contributed by atoms with Gasteiger partial charge >= 0.3 is 5.69 Å². The van der Waals surface area contributed by atoms with Crippen LogP contribution in [0.2, 0.25) is 0 Å². The Labute approximate surface area is 143 Å². The first-order chi connectivity index (χ1) is 11.1. The Morgan fingerprint density at radius 3 is 2.65 bits per heavy atom. The van der Waals surface area contributed by atoms with Crippen LogP contribution in [0.3, 0.4) is 0 Å². The zero-order valence-electron chi connectivity index (χ0n) is 12.7. The van der Waals surface area contributed by atoms with Gasteiger partial charge in [0.25, 0.3) is 0 Å². The number of rotatable bonds is 4. The molecule has 0 saturated carbocycles. The molecule has 3 rings (SSSR count). The Kier molecular flexibility index (Phi) is 5.09. The van der Waals surface area contributed by atoms with E-state index in [2.05, 4.69) is 25.8 Å². The van der Waals surface area contributed by atoms with E-state index in [1.54, 1.807) is 4.57 Å². The number of nitrogen functional groups attached to an aromatic ring is 1. The van der Waals surface area contributed by atoms with Crippen molar-refractivity contribution >= 4 is 21.7 Å². The molecule has 1 aliphatic rings. The molecule has 6 nitrogen and oxygen atoms in total. The largest absolute Gasteiger partial charge is 0.383 e. The van der Waals surface area contributed by atoms with Crippen molar-refractivity contribution in [2.24, 2.45) is 0 Å².